The number of rotatable bonds is 4. The first-order chi connectivity index (χ1) is 9.00. The minimum atomic E-state index is -0.823. The smallest absolute Gasteiger partial charge is 0.244 e. The standard InChI is InChI=1S/C13H15FN4O/c1-7-11(8(2)18-17-7)12(13(15)19)16-10-6-4-3-5-9(10)14/h3-6,12,16H,1-2H3,(H2,15,19)(H,17,18). The number of aromatic amines is 1. The number of hydrogen-bond acceptors (Lipinski definition) is 3. The van der Waals surface area contributed by atoms with Crippen LogP contribution in [0.2, 0.25) is 0 Å². The fraction of sp³-hybridized carbons (Fsp3) is 0.231. The van der Waals surface area contributed by atoms with Crippen LogP contribution in [0.3, 0.4) is 0 Å². The summed E-state index contributed by atoms with van der Waals surface area (Å²) < 4.78 is 13.6. The Balaban J connectivity index is 2.38. The van der Waals surface area contributed by atoms with Crippen LogP contribution in [0.5, 0.6) is 0 Å². The summed E-state index contributed by atoms with van der Waals surface area (Å²) >= 11 is 0. The second-order valence-electron chi connectivity index (χ2n) is 4.31. The van der Waals surface area contributed by atoms with E-state index in [1.807, 2.05) is 0 Å². The van der Waals surface area contributed by atoms with Crippen LogP contribution < -0.4 is 11.1 Å². The summed E-state index contributed by atoms with van der Waals surface area (Å²) in [5.74, 6) is -1.02. The van der Waals surface area contributed by atoms with Crippen molar-refractivity contribution in [1.82, 2.24) is 10.2 Å². The lowest BCUT2D eigenvalue weighted by Crippen LogP contribution is -2.28. The Kier molecular flexibility index (Phi) is 3.50. The summed E-state index contributed by atoms with van der Waals surface area (Å²) in [7, 11) is 0. The van der Waals surface area contributed by atoms with Gasteiger partial charge >= 0.3 is 0 Å². The molecule has 19 heavy (non-hydrogen) atoms. The molecule has 1 heterocycles. The number of anilines is 1. The van der Waals surface area contributed by atoms with Crippen LogP contribution in [0, 0.1) is 19.7 Å². The number of nitrogens with two attached hydrogens (primary N) is 1. The first kappa shape index (κ1) is 13.1. The first-order valence-corrected chi connectivity index (χ1v) is 5.82. The van der Waals surface area contributed by atoms with E-state index in [0.717, 1.165) is 5.69 Å². The molecule has 0 fully saturated rings. The molecule has 6 heteroatoms. The topological polar surface area (TPSA) is 83.8 Å². The number of aryl methyl sites for hydroxylation is 2. The van der Waals surface area contributed by atoms with Crippen LogP contribution in [0.4, 0.5) is 10.1 Å². The van der Waals surface area contributed by atoms with Crippen molar-refractivity contribution in [3.63, 3.8) is 0 Å². The van der Waals surface area contributed by atoms with Gasteiger partial charge in [0.2, 0.25) is 5.91 Å². The Hall–Kier alpha value is -2.37. The van der Waals surface area contributed by atoms with Gasteiger partial charge in [-0.25, -0.2) is 4.39 Å². The highest BCUT2D eigenvalue weighted by Gasteiger charge is 2.24. The van der Waals surface area contributed by atoms with Gasteiger partial charge in [-0.3, -0.25) is 9.89 Å². The number of aromatic nitrogens is 2. The number of nitrogens with one attached hydrogen (secondary N) is 2. The predicted molar refractivity (Wildman–Crippen MR) is 70.0 cm³/mol. The molecule has 0 saturated carbocycles. The maximum atomic E-state index is 13.6. The molecule has 1 atom stereocenters. The Labute approximate surface area is 110 Å². The molecule has 0 radical (unpaired) electrons. The lowest BCUT2D eigenvalue weighted by molar-refractivity contribution is -0.118. The van der Waals surface area contributed by atoms with Crippen molar-refractivity contribution in [3.8, 4) is 0 Å². The van der Waals surface area contributed by atoms with Gasteiger partial charge in [-0.15, -0.1) is 0 Å². The van der Waals surface area contributed by atoms with Crippen LogP contribution in [0.1, 0.15) is 23.0 Å². The normalized spacial score (nSPS) is 12.2. The van der Waals surface area contributed by atoms with E-state index in [9.17, 15) is 9.18 Å². The molecular weight excluding hydrogens is 247 g/mol. The molecule has 1 aromatic heterocycles. The van der Waals surface area contributed by atoms with Crippen LogP contribution >= 0.6 is 0 Å². The maximum absolute atomic E-state index is 13.6. The molecule has 2 aromatic rings. The monoisotopic (exact) mass is 262 g/mol. The van der Waals surface area contributed by atoms with Gasteiger partial charge in [0.25, 0.3) is 0 Å². The van der Waals surface area contributed by atoms with Crippen LogP contribution in [-0.4, -0.2) is 16.1 Å². The fourth-order valence-electron chi connectivity index (χ4n) is 2.00. The molecule has 1 unspecified atom stereocenters. The molecular formula is C13H15FN4O. The quantitative estimate of drug-likeness (QED) is 0.785. The number of hydrogen-bond donors (Lipinski definition) is 3. The van der Waals surface area contributed by atoms with Crippen molar-refractivity contribution >= 4 is 11.6 Å². The number of H-pyrrole nitrogens is 1. The highest BCUT2D eigenvalue weighted by Crippen LogP contribution is 2.25. The lowest BCUT2D eigenvalue weighted by Gasteiger charge is -2.17. The van der Waals surface area contributed by atoms with E-state index in [1.54, 1.807) is 32.0 Å². The Morgan fingerprint density at radius 1 is 1.42 bits per heavy atom. The molecule has 100 valence electrons. The Morgan fingerprint density at radius 3 is 2.63 bits per heavy atom. The molecule has 0 aliphatic heterocycles. The zero-order valence-corrected chi connectivity index (χ0v) is 10.7. The van der Waals surface area contributed by atoms with Gasteiger partial charge in [-0.05, 0) is 26.0 Å². The molecule has 0 bridgehead atoms. The minimum absolute atomic E-state index is 0.228. The van der Waals surface area contributed by atoms with E-state index in [-0.39, 0.29) is 5.69 Å². The van der Waals surface area contributed by atoms with Gasteiger partial charge in [0.15, 0.2) is 0 Å². The van der Waals surface area contributed by atoms with Gasteiger partial charge in [-0.2, -0.15) is 5.10 Å². The van der Waals surface area contributed by atoms with Gasteiger partial charge in [-0.1, -0.05) is 12.1 Å². The summed E-state index contributed by atoms with van der Waals surface area (Å²) in [6, 6.07) is 5.30. The molecule has 0 spiro atoms. The van der Waals surface area contributed by atoms with Crippen molar-refractivity contribution in [2.75, 3.05) is 5.32 Å². The highest BCUT2D eigenvalue weighted by molar-refractivity contribution is 5.85. The van der Waals surface area contributed by atoms with Gasteiger partial charge in [0.05, 0.1) is 11.4 Å². The number of nitrogens with zero attached hydrogens (tertiary/aromatic N) is 1. The van der Waals surface area contributed by atoms with Crippen molar-refractivity contribution in [1.29, 1.82) is 0 Å². The largest absolute Gasteiger partial charge is 0.368 e. The number of amides is 1. The summed E-state index contributed by atoms with van der Waals surface area (Å²) in [6.07, 6.45) is 0. The second kappa shape index (κ2) is 5.09. The summed E-state index contributed by atoms with van der Waals surface area (Å²) in [6.45, 7) is 3.55. The molecule has 0 aliphatic rings. The lowest BCUT2D eigenvalue weighted by atomic mass is 10.0. The van der Waals surface area contributed by atoms with Crippen LogP contribution in [-0.2, 0) is 4.79 Å². The third-order valence-corrected chi connectivity index (χ3v) is 2.93. The number of benzene rings is 1. The average Bonchev–Trinajstić information content (AvgIpc) is 2.68. The number of para-hydroxylation sites is 1. The van der Waals surface area contributed by atoms with E-state index >= 15 is 0 Å². The molecule has 1 amide bonds. The van der Waals surface area contributed by atoms with E-state index in [4.69, 9.17) is 5.73 Å². The summed E-state index contributed by atoms with van der Waals surface area (Å²) in [5, 5.41) is 9.62. The fourth-order valence-corrected chi connectivity index (χ4v) is 2.00. The number of carbonyl (C=O) groups is 1. The predicted octanol–water partition coefficient (Wildman–Crippen LogP) is 1.80. The Morgan fingerprint density at radius 2 is 2.11 bits per heavy atom. The molecule has 5 nitrogen and oxygen atoms in total. The van der Waals surface area contributed by atoms with E-state index in [1.165, 1.54) is 6.07 Å². The number of halogens is 1. The first-order valence-electron chi connectivity index (χ1n) is 5.82. The number of carbonyl (C=O) groups excluding carboxylic acids is 1. The molecule has 0 saturated heterocycles. The zero-order chi connectivity index (χ0) is 14.0. The molecule has 4 N–H and O–H groups in total. The van der Waals surface area contributed by atoms with Crippen molar-refractivity contribution < 1.29 is 9.18 Å². The van der Waals surface area contributed by atoms with Crippen LogP contribution in [0.15, 0.2) is 24.3 Å². The second-order valence-corrected chi connectivity index (χ2v) is 4.31. The summed E-state index contributed by atoms with van der Waals surface area (Å²) in [4.78, 5) is 11.6. The average molecular weight is 262 g/mol. The van der Waals surface area contributed by atoms with Gasteiger partial charge in [0.1, 0.15) is 11.9 Å². The SMILES string of the molecule is Cc1n[nH]c(C)c1C(Nc1ccccc1F)C(N)=O. The summed E-state index contributed by atoms with van der Waals surface area (Å²) in [5.41, 5.74) is 7.66. The van der Waals surface area contributed by atoms with Crippen molar-refractivity contribution in [2.45, 2.75) is 19.9 Å². The molecule has 2 rings (SSSR count). The van der Waals surface area contributed by atoms with Crippen molar-refractivity contribution in [3.05, 3.63) is 47.0 Å². The number of primary amides is 1. The third-order valence-electron chi connectivity index (χ3n) is 2.93. The maximum Gasteiger partial charge on any atom is 0.244 e. The van der Waals surface area contributed by atoms with Gasteiger partial charge < -0.3 is 11.1 Å². The molecule has 1 aromatic carbocycles. The van der Waals surface area contributed by atoms with Crippen molar-refractivity contribution in [2.24, 2.45) is 5.73 Å². The van der Waals surface area contributed by atoms with Crippen LogP contribution in [0.25, 0.3) is 0 Å². The van der Waals surface area contributed by atoms with Gasteiger partial charge in [0, 0.05) is 11.3 Å². The van der Waals surface area contributed by atoms with E-state index < -0.39 is 17.8 Å². The minimum Gasteiger partial charge on any atom is -0.368 e. The highest BCUT2D eigenvalue weighted by atomic mass is 19.1. The van der Waals surface area contributed by atoms with E-state index in [2.05, 4.69) is 15.5 Å². The third kappa shape index (κ3) is 2.57. The molecule has 0 aliphatic carbocycles. The zero-order valence-electron chi connectivity index (χ0n) is 10.7. The Bertz CT molecular complexity index is 589. The van der Waals surface area contributed by atoms with E-state index in [0.29, 0.717) is 11.3 Å².